The number of rotatable bonds is 3. The lowest BCUT2D eigenvalue weighted by atomic mass is 9.74. The number of aliphatic hydroxyl groups is 1. The lowest BCUT2D eigenvalue weighted by Crippen LogP contribution is -2.20. The molecule has 0 amide bonds. The van der Waals surface area contributed by atoms with Crippen molar-refractivity contribution in [2.24, 2.45) is 0 Å². The molecular formula is C17H19NO. The summed E-state index contributed by atoms with van der Waals surface area (Å²) in [7, 11) is 0. The van der Waals surface area contributed by atoms with E-state index >= 15 is 0 Å². The quantitative estimate of drug-likeness (QED) is 0.908. The van der Waals surface area contributed by atoms with Crippen LogP contribution in [0.1, 0.15) is 46.4 Å². The van der Waals surface area contributed by atoms with Crippen LogP contribution in [0.25, 0.3) is 0 Å². The van der Waals surface area contributed by atoms with E-state index in [0.29, 0.717) is 5.92 Å². The number of pyridine rings is 1. The Morgan fingerprint density at radius 3 is 2.84 bits per heavy atom. The molecule has 19 heavy (non-hydrogen) atoms. The van der Waals surface area contributed by atoms with E-state index in [1.54, 1.807) is 0 Å². The second-order valence-electron chi connectivity index (χ2n) is 5.57. The summed E-state index contributed by atoms with van der Waals surface area (Å²) in [5.41, 5.74) is 5.87. The molecule has 0 saturated heterocycles. The Morgan fingerprint density at radius 1 is 1.32 bits per heavy atom. The fraction of sp³-hybridized carbons (Fsp3) is 0.353. The second-order valence-corrected chi connectivity index (χ2v) is 5.57. The number of aryl methyl sites for hydroxylation is 2. The molecule has 0 aliphatic heterocycles. The summed E-state index contributed by atoms with van der Waals surface area (Å²) in [5.74, 6) is 0.480. The SMILES string of the molecule is Cc1cnc(C(O)CC2Cc3ccccc32)c(C)c1. The van der Waals surface area contributed by atoms with Crippen LogP contribution in [0.5, 0.6) is 0 Å². The third-order valence-corrected chi connectivity index (χ3v) is 4.04. The van der Waals surface area contributed by atoms with Gasteiger partial charge in [0.2, 0.25) is 0 Å². The summed E-state index contributed by atoms with van der Waals surface area (Å²) in [4.78, 5) is 4.40. The van der Waals surface area contributed by atoms with Gasteiger partial charge in [-0.05, 0) is 54.9 Å². The lowest BCUT2D eigenvalue weighted by Gasteiger charge is -2.31. The highest BCUT2D eigenvalue weighted by Gasteiger charge is 2.28. The van der Waals surface area contributed by atoms with Crippen LogP contribution in [-0.4, -0.2) is 10.1 Å². The summed E-state index contributed by atoms with van der Waals surface area (Å²) in [5, 5.41) is 10.4. The van der Waals surface area contributed by atoms with E-state index in [1.807, 2.05) is 20.0 Å². The van der Waals surface area contributed by atoms with Crippen molar-refractivity contribution in [1.82, 2.24) is 4.98 Å². The molecule has 1 heterocycles. The molecule has 0 saturated carbocycles. The zero-order valence-electron chi connectivity index (χ0n) is 11.4. The van der Waals surface area contributed by atoms with Crippen LogP contribution in [0.4, 0.5) is 0 Å². The number of benzene rings is 1. The van der Waals surface area contributed by atoms with Crippen LogP contribution >= 0.6 is 0 Å². The van der Waals surface area contributed by atoms with Crippen molar-refractivity contribution >= 4 is 0 Å². The molecule has 2 aromatic rings. The Labute approximate surface area is 114 Å². The van der Waals surface area contributed by atoms with Gasteiger partial charge >= 0.3 is 0 Å². The maximum absolute atomic E-state index is 10.4. The van der Waals surface area contributed by atoms with Gasteiger partial charge < -0.3 is 5.11 Å². The Balaban J connectivity index is 1.75. The molecule has 1 aliphatic carbocycles. The molecule has 1 aliphatic rings. The number of aliphatic hydroxyl groups excluding tert-OH is 1. The van der Waals surface area contributed by atoms with Crippen molar-refractivity contribution in [2.45, 2.75) is 38.7 Å². The van der Waals surface area contributed by atoms with Crippen molar-refractivity contribution in [2.75, 3.05) is 0 Å². The lowest BCUT2D eigenvalue weighted by molar-refractivity contribution is 0.148. The summed E-state index contributed by atoms with van der Waals surface area (Å²) in [6, 6.07) is 10.6. The van der Waals surface area contributed by atoms with Crippen LogP contribution in [0, 0.1) is 13.8 Å². The van der Waals surface area contributed by atoms with Gasteiger partial charge in [0, 0.05) is 6.20 Å². The van der Waals surface area contributed by atoms with E-state index < -0.39 is 6.10 Å². The molecule has 0 fully saturated rings. The van der Waals surface area contributed by atoms with Gasteiger partial charge in [-0.3, -0.25) is 4.98 Å². The first-order chi connectivity index (χ1) is 9.15. The molecule has 98 valence electrons. The molecule has 0 bridgehead atoms. The Kier molecular flexibility index (Phi) is 3.11. The van der Waals surface area contributed by atoms with E-state index in [2.05, 4.69) is 35.3 Å². The minimum absolute atomic E-state index is 0.459. The van der Waals surface area contributed by atoms with Gasteiger partial charge in [0.05, 0.1) is 11.8 Å². The third kappa shape index (κ3) is 2.28. The Morgan fingerprint density at radius 2 is 2.11 bits per heavy atom. The van der Waals surface area contributed by atoms with Crippen LogP contribution in [0.2, 0.25) is 0 Å². The molecular weight excluding hydrogens is 234 g/mol. The molecule has 1 aromatic heterocycles. The van der Waals surface area contributed by atoms with Gasteiger partial charge in [-0.1, -0.05) is 30.3 Å². The summed E-state index contributed by atoms with van der Waals surface area (Å²) in [6.07, 6.45) is 3.23. The van der Waals surface area contributed by atoms with E-state index in [-0.39, 0.29) is 0 Å². The normalized spacial score (nSPS) is 18.6. The monoisotopic (exact) mass is 253 g/mol. The first-order valence-corrected chi connectivity index (χ1v) is 6.84. The van der Waals surface area contributed by atoms with Crippen LogP contribution < -0.4 is 0 Å². The minimum Gasteiger partial charge on any atom is -0.387 e. The van der Waals surface area contributed by atoms with Crippen LogP contribution in [-0.2, 0) is 6.42 Å². The number of nitrogens with zero attached hydrogens (tertiary/aromatic N) is 1. The van der Waals surface area contributed by atoms with Gasteiger partial charge in [-0.15, -0.1) is 0 Å². The van der Waals surface area contributed by atoms with Gasteiger partial charge in [0.25, 0.3) is 0 Å². The van der Waals surface area contributed by atoms with E-state index in [9.17, 15) is 5.11 Å². The Hall–Kier alpha value is -1.67. The highest BCUT2D eigenvalue weighted by atomic mass is 16.3. The largest absolute Gasteiger partial charge is 0.387 e. The minimum atomic E-state index is -0.459. The zero-order chi connectivity index (χ0) is 13.4. The maximum Gasteiger partial charge on any atom is 0.0968 e. The third-order valence-electron chi connectivity index (χ3n) is 4.04. The number of hydrogen-bond donors (Lipinski definition) is 1. The number of aromatic nitrogens is 1. The molecule has 0 spiro atoms. The molecule has 1 aromatic carbocycles. The maximum atomic E-state index is 10.4. The molecule has 2 unspecified atom stereocenters. The fourth-order valence-electron chi connectivity index (χ4n) is 3.03. The topological polar surface area (TPSA) is 33.1 Å². The number of hydrogen-bond acceptors (Lipinski definition) is 2. The number of fused-ring (bicyclic) bond motifs is 1. The molecule has 2 atom stereocenters. The van der Waals surface area contributed by atoms with Crippen molar-refractivity contribution in [1.29, 1.82) is 0 Å². The first kappa shape index (κ1) is 12.4. The van der Waals surface area contributed by atoms with Gasteiger partial charge in [0.1, 0.15) is 0 Å². The highest BCUT2D eigenvalue weighted by Crippen LogP contribution is 2.40. The average molecular weight is 253 g/mol. The highest BCUT2D eigenvalue weighted by molar-refractivity contribution is 5.40. The van der Waals surface area contributed by atoms with Crippen LogP contribution in [0.15, 0.2) is 36.5 Å². The van der Waals surface area contributed by atoms with Crippen molar-refractivity contribution in [3.8, 4) is 0 Å². The van der Waals surface area contributed by atoms with E-state index in [1.165, 1.54) is 11.1 Å². The molecule has 3 rings (SSSR count). The van der Waals surface area contributed by atoms with Crippen molar-refractivity contribution in [3.05, 3.63) is 64.5 Å². The van der Waals surface area contributed by atoms with Gasteiger partial charge in [-0.2, -0.15) is 0 Å². The van der Waals surface area contributed by atoms with E-state index in [4.69, 9.17) is 0 Å². The summed E-state index contributed by atoms with van der Waals surface area (Å²) >= 11 is 0. The molecule has 2 heteroatoms. The smallest absolute Gasteiger partial charge is 0.0968 e. The predicted molar refractivity (Wildman–Crippen MR) is 76.2 cm³/mol. The standard InChI is InChI=1S/C17H19NO/c1-11-7-12(2)17(18-10-11)16(19)9-14-8-13-5-3-4-6-15(13)14/h3-7,10,14,16,19H,8-9H2,1-2H3. The molecule has 1 N–H and O–H groups in total. The fourth-order valence-corrected chi connectivity index (χ4v) is 3.03. The predicted octanol–water partition coefficient (Wildman–Crippen LogP) is 3.46. The second kappa shape index (κ2) is 4.78. The first-order valence-electron chi connectivity index (χ1n) is 6.84. The van der Waals surface area contributed by atoms with E-state index in [0.717, 1.165) is 29.7 Å². The summed E-state index contributed by atoms with van der Waals surface area (Å²) < 4.78 is 0. The molecule has 2 nitrogen and oxygen atoms in total. The average Bonchev–Trinajstić information content (AvgIpc) is 2.35. The van der Waals surface area contributed by atoms with Crippen molar-refractivity contribution in [3.63, 3.8) is 0 Å². The summed E-state index contributed by atoms with van der Waals surface area (Å²) in [6.45, 7) is 4.05. The van der Waals surface area contributed by atoms with Gasteiger partial charge in [-0.25, -0.2) is 0 Å². The Bertz CT molecular complexity index is 606. The van der Waals surface area contributed by atoms with Crippen molar-refractivity contribution < 1.29 is 5.11 Å². The zero-order valence-corrected chi connectivity index (χ0v) is 11.4. The van der Waals surface area contributed by atoms with Gasteiger partial charge in [0.15, 0.2) is 0 Å². The molecule has 0 radical (unpaired) electrons. The van der Waals surface area contributed by atoms with Crippen LogP contribution in [0.3, 0.4) is 0 Å².